The van der Waals surface area contributed by atoms with Crippen molar-refractivity contribution in [1.82, 2.24) is 0 Å². The normalized spacial score (nSPS) is 12.5. The van der Waals surface area contributed by atoms with Gasteiger partial charge in [-0.15, -0.1) is 0 Å². The molecule has 0 amide bonds. The molecule has 1 unspecified atom stereocenters. The summed E-state index contributed by atoms with van der Waals surface area (Å²) in [5.74, 6) is -0.593. The summed E-state index contributed by atoms with van der Waals surface area (Å²) in [6.45, 7) is 1.56. The standard InChI is InChI=1S/C10H12FNO3/c1-7(13)5-6-8-9(11)3-2-4-10(8)12(14)15/h2-4,7,13H,5-6H2,1H3. The third-order valence-electron chi connectivity index (χ3n) is 2.10. The number of aliphatic hydroxyl groups excluding tert-OH is 1. The summed E-state index contributed by atoms with van der Waals surface area (Å²) in [5.41, 5.74) is -0.168. The molecule has 0 aliphatic heterocycles. The smallest absolute Gasteiger partial charge is 0.275 e. The lowest BCUT2D eigenvalue weighted by Gasteiger charge is -2.05. The minimum atomic E-state index is -0.611. The molecule has 0 fully saturated rings. The first-order valence-corrected chi connectivity index (χ1v) is 4.62. The second-order valence-corrected chi connectivity index (χ2v) is 3.38. The summed E-state index contributed by atoms with van der Waals surface area (Å²) in [6.07, 6.45) is -0.119. The number of halogens is 1. The van der Waals surface area contributed by atoms with Crippen LogP contribution in [0.5, 0.6) is 0 Å². The van der Waals surface area contributed by atoms with E-state index in [1.165, 1.54) is 18.2 Å². The number of hydrogen-bond donors (Lipinski definition) is 1. The van der Waals surface area contributed by atoms with Crippen LogP contribution < -0.4 is 0 Å². The molecule has 0 radical (unpaired) electrons. The van der Waals surface area contributed by atoms with Gasteiger partial charge in [-0.1, -0.05) is 6.07 Å². The number of nitro benzene ring substituents is 1. The Labute approximate surface area is 86.5 Å². The molecule has 0 aliphatic carbocycles. The van der Waals surface area contributed by atoms with Crippen molar-refractivity contribution in [2.75, 3.05) is 0 Å². The molecule has 1 atom stereocenters. The van der Waals surface area contributed by atoms with Crippen LogP contribution in [0.25, 0.3) is 0 Å². The highest BCUT2D eigenvalue weighted by atomic mass is 19.1. The van der Waals surface area contributed by atoms with Gasteiger partial charge in [-0.3, -0.25) is 10.1 Å². The third kappa shape index (κ3) is 2.99. The first-order valence-electron chi connectivity index (χ1n) is 4.62. The molecule has 1 N–H and O–H groups in total. The summed E-state index contributed by atoms with van der Waals surface area (Å²) in [7, 11) is 0. The van der Waals surface area contributed by atoms with Gasteiger partial charge in [-0.2, -0.15) is 0 Å². The van der Waals surface area contributed by atoms with Gasteiger partial charge in [0.05, 0.1) is 16.6 Å². The van der Waals surface area contributed by atoms with E-state index >= 15 is 0 Å². The van der Waals surface area contributed by atoms with Gasteiger partial charge >= 0.3 is 0 Å². The lowest BCUT2D eigenvalue weighted by molar-refractivity contribution is -0.385. The highest BCUT2D eigenvalue weighted by molar-refractivity contribution is 5.40. The molecule has 1 rings (SSSR count). The topological polar surface area (TPSA) is 63.4 Å². The monoisotopic (exact) mass is 213 g/mol. The average Bonchev–Trinajstić information content (AvgIpc) is 2.15. The van der Waals surface area contributed by atoms with Gasteiger partial charge in [-0.05, 0) is 25.8 Å². The summed E-state index contributed by atoms with van der Waals surface area (Å²) in [6, 6.07) is 3.75. The average molecular weight is 213 g/mol. The van der Waals surface area contributed by atoms with Crippen LogP contribution in [0.2, 0.25) is 0 Å². The molecule has 1 aromatic carbocycles. The van der Waals surface area contributed by atoms with E-state index in [1.807, 2.05) is 0 Å². The van der Waals surface area contributed by atoms with E-state index in [-0.39, 0.29) is 17.7 Å². The molecule has 0 heterocycles. The van der Waals surface area contributed by atoms with Crippen LogP contribution in [0.15, 0.2) is 18.2 Å². The first-order chi connectivity index (χ1) is 7.02. The van der Waals surface area contributed by atoms with Crippen molar-refractivity contribution in [3.8, 4) is 0 Å². The van der Waals surface area contributed by atoms with Gasteiger partial charge in [0, 0.05) is 6.07 Å². The number of hydrogen-bond acceptors (Lipinski definition) is 3. The molecule has 0 saturated carbocycles. The van der Waals surface area contributed by atoms with E-state index in [1.54, 1.807) is 6.92 Å². The number of nitro groups is 1. The van der Waals surface area contributed by atoms with Crippen molar-refractivity contribution in [2.24, 2.45) is 0 Å². The SMILES string of the molecule is CC(O)CCc1c(F)cccc1[N+](=O)[O-]. The quantitative estimate of drug-likeness (QED) is 0.615. The largest absolute Gasteiger partial charge is 0.393 e. The van der Waals surface area contributed by atoms with Crippen LogP contribution in [0.3, 0.4) is 0 Å². The molecule has 0 saturated heterocycles. The predicted octanol–water partition coefficient (Wildman–Crippen LogP) is 2.05. The predicted molar refractivity (Wildman–Crippen MR) is 53.1 cm³/mol. The minimum Gasteiger partial charge on any atom is -0.393 e. The van der Waals surface area contributed by atoms with Crippen molar-refractivity contribution in [3.05, 3.63) is 39.7 Å². The van der Waals surface area contributed by atoms with Crippen molar-refractivity contribution in [3.63, 3.8) is 0 Å². The molecule has 0 aromatic heterocycles. The fraction of sp³-hybridized carbons (Fsp3) is 0.400. The van der Waals surface area contributed by atoms with Crippen molar-refractivity contribution in [2.45, 2.75) is 25.9 Å². The highest BCUT2D eigenvalue weighted by Crippen LogP contribution is 2.22. The molecular weight excluding hydrogens is 201 g/mol. The van der Waals surface area contributed by atoms with Crippen LogP contribution >= 0.6 is 0 Å². The molecular formula is C10H12FNO3. The molecule has 15 heavy (non-hydrogen) atoms. The van der Waals surface area contributed by atoms with E-state index in [0.29, 0.717) is 6.42 Å². The number of rotatable bonds is 4. The number of aliphatic hydroxyl groups is 1. The third-order valence-corrected chi connectivity index (χ3v) is 2.10. The van der Waals surface area contributed by atoms with Gasteiger partial charge in [0.25, 0.3) is 5.69 Å². The Bertz CT molecular complexity index is 366. The van der Waals surface area contributed by atoms with Crippen LogP contribution in [-0.2, 0) is 6.42 Å². The van der Waals surface area contributed by atoms with E-state index in [9.17, 15) is 14.5 Å². The zero-order chi connectivity index (χ0) is 11.4. The van der Waals surface area contributed by atoms with Crippen LogP contribution in [0, 0.1) is 15.9 Å². The molecule has 0 bridgehead atoms. The Morgan fingerprint density at radius 1 is 1.60 bits per heavy atom. The zero-order valence-corrected chi connectivity index (χ0v) is 8.31. The maximum Gasteiger partial charge on any atom is 0.275 e. The van der Waals surface area contributed by atoms with Crippen LogP contribution in [0.1, 0.15) is 18.9 Å². The lowest BCUT2D eigenvalue weighted by atomic mass is 10.0. The maximum atomic E-state index is 13.3. The highest BCUT2D eigenvalue weighted by Gasteiger charge is 2.17. The Morgan fingerprint density at radius 2 is 2.27 bits per heavy atom. The van der Waals surface area contributed by atoms with Gasteiger partial charge in [0.1, 0.15) is 5.82 Å². The van der Waals surface area contributed by atoms with E-state index in [2.05, 4.69) is 0 Å². The van der Waals surface area contributed by atoms with Crippen molar-refractivity contribution < 1.29 is 14.4 Å². The first kappa shape index (κ1) is 11.6. The summed E-state index contributed by atoms with van der Waals surface area (Å²) < 4.78 is 13.3. The van der Waals surface area contributed by atoms with Crippen molar-refractivity contribution in [1.29, 1.82) is 0 Å². The van der Waals surface area contributed by atoms with Gasteiger partial charge in [0.2, 0.25) is 0 Å². The van der Waals surface area contributed by atoms with Gasteiger partial charge in [0.15, 0.2) is 0 Å². The molecule has 4 nitrogen and oxygen atoms in total. The Kier molecular flexibility index (Phi) is 3.74. The van der Waals surface area contributed by atoms with Gasteiger partial charge in [-0.25, -0.2) is 4.39 Å². The van der Waals surface area contributed by atoms with Gasteiger partial charge < -0.3 is 5.11 Å². The van der Waals surface area contributed by atoms with Crippen molar-refractivity contribution >= 4 is 5.69 Å². The van der Waals surface area contributed by atoms with E-state index in [0.717, 1.165) is 0 Å². The Hall–Kier alpha value is -1.49. The summed E-state index contributed by atoms with van der Waals surface area (Å²) >= 11 is 0. The second kappa shape index (κ2) is 4.84. The number of nitrogens with zero attached hydrogens (tertiary/aromatic N) is 1. The fourth-order valence-electron chi connectivity index (χ4n) is 1.32. The van der Waals surface area contributed by atoms with Crippen LogP contribution in [0.4, 0.5) is 10.1 Å². The fourth-order valence-corrected chi connectivity index (χ4v) is 1.32. The molecule has 5 heteroatoms. The Morgan fingerprint density at radius 3 is 2.80 bits per heavy atom. The minimum absolute atomic E-state index is 0.0587. The van der Waals surface area contributed by atoms with E-state index in [4.69, 9.17) is 5.11 Å². The summed E-state index contributed by atoms with van der Waals surface area (Å²) in [4.78, 5) is 9.98. The van der Waals surface area contributed by atoms with E-state index < -0.39 is 16.8 Å². The van der Waals surface area contributed by atoms with Crippen LogP contribution in [-0.4, -0.2) is 16.1 Å². The molecule has 0 spiro atoms. The maximum absolute atomic E-state index is 13.3. The molecule has 0 aliphatic rings. The second-order valence-electron chi connectivity index (χ2n) is 3.38. The summed E-state index contributed by atoms with van der Waals surface area (Å²) in [5, 5.41) is 19.6. The Balaban J connectivity index is 2.97. The lowest BCUT2D eigenvalue weighted by Crippen LogP contribution is -2.05. The zero-order valence-electron chi connectivity index (χ0n) is 8.31. The molecule has 1 aromatic rings. The molecule has 82 valence electrons. The number of benzene rings is 1.